The second-order valence-electron chi connectivity index (χ2n) is 7.35. The number of carbonyl (C=O) groups excluding carboxylic acids is 1. The summed E-state index contributed by atoms with van der Waals surface area (Å²) in [7, 11) is 1.59. The molecule has 1 aliphatic rings. The molecule has 6 nitrogen and oxygen atoms in total. The molecule has 6 heteroatoms. The van der Waals surface area contributed by atoms with Crippen molar-refractivity contribution in [2.24, 2.45) is 0 Å². The van der Waals surface area contributed by atoms with E-state index in [-0.39, 0.29) is 11.9 Å². The van der Waals surface area contributed by atoms with E-state index in [2.05, 4.69) is 29.3 Å². The van der Waals surface area contributed by atoms with Crippen LogP contribution in [0, 0.1) is 0 Å². The highest BCUT2D eigenvalue weighted by Gasteiger charge is 2.23. The van der Waals surface area contributed by atoms with Crippen LogP contribution in [0.2, 0.25) is 0 Å². The van der Waals surface area contributed by atoms with Crippen molar-refractivity contribution in [3.05, 3.63) is 59.7 Å². The van der Waals surface area contributed by atoms with Crippen LogP contribution in [-0.2, 0) is 4.74 Å². The van der Waals surface area contributed by atoms with Gasteiger partial charge in [-0.05, 0) is 30.2 Å². The van der Waals surface area contributed by atoms with Crippen molar-refractivity contribution < 1.29 is 19.0 Å². The van der Waals surface area contributed by atoms with Crippen molar-refractivity contribution in [1.29, 1.82) is 0 Å². The zero-order valence-electron chi connectivity index (χ0n) is 17.9. The number of hydrogen-bond acceptors (Lipinski definition) is 5. The monoisotopic (exact) mass is 412 g/mol. The van der Waals surface area contributed by atoms with Crippen LogP contribution in [0.25, 0.3) is 0 Å². The number of nitrogens with zero attached hydrogens (tertiary/aromatic N) is 1. The summed E-state index contributed by atoms with van der Waals surface area (Å²) in [4.78, 5) is 15.2. The molecule has 0 spiro atoms. The van der Waals surface area contributed by atoms with Gasteiger partial charge in [0.05, 0.1) is 33.0 Å². The van der Waals surface area contributed by atoms with Gasteiger partial charge in [0.15, 0.2) is 11.5 Å². The lowest BCUT2D eigenvalue weighted by atomic mass is 10.0. The lowest BCUT2D eigenvalue weighted by Gasteiger charge is -2.35. The number of unbranched alkanes of at least 4 members (excludes halogenated alkanes) is 1. The number of methoxy groups -OCH3 is 1. The van der Waals surface area contributed by atoms with Gasteiger partial charge in [-0.15, -0.1) is 0 Å². The quantitative estimate of drug-likeness (QED) is 0.604. The van der Waals surface area contributed by atoms with Crippen molar-refractivity contribution in [2.75, 3.05) is 46.6 Å². The standard InChI is InChI=1S/C24H32N2O4/c1-3-4-14-30-22-11-10-20(17-23(22)28-2)24(27)25-18-21(19-8-6-5-7-9-19)26-12-15-29-16-13-26/h5-11,17,21H,3-4,12-16,18H2,1-2H3,(H,25,27). The fourth-order valence-corrected chi connectivity index (χ4v) is 3.57. The SMILES string of the molecule is CCCCOc1ccc(C(=O)NCC(c2ccccc2)N2CCOCC2)cc1OC. The molecule has 1 amide bonds. The average Bonchev–Trinajstić information content (AvgIpc) is 2.81. The normalized spacial score (nSPS) is 15.4. The van der Waals surface area contributed by atoms with Crippen LogP contribution in [0.1, 0.15) is 41.7 Å². The molecule has 1 atom stereocenters. The minimum absolute atomic E-state index is 0.109. The molecule has 2 aromatic carbocycles. The van der Waals surface area contributed by atoms with Crippen molar-refractivity contribution in [1.82, 2.24) is 10.2 Å². The minimum Gasteiger partial charge on any atom is -0.493 e. The average molecular weight is 413 g/mol. The van der Waals surface area contributed by atoms with Crippen LogP contribution >= 0.6 is 0 Å². The van der Waals surface area contributed by atoms with Gasteiger partial charge in [0, 0.05) is 25.2 Å². The molecular weight excluding hydrogens is 380 g/mol. The molecule has 0 radical (unpaired) electrons. The molecule has 0 aromatic heterocycles. The first-order valence-corrected chi connectivity index (χ1v) is 10.7. The first-order chi connectivity index (χ1) is 14.7. The van der Waals surface area contributed by atoms with E-state index < -0.39 is 0 Å². The number of amides is 1. The predicted molar refractivity (Wildman–Crippen MR) is 117 cm³/mol. The molecule has 0 aliphatic carbocycles. The van der Waals surface area contributed by atoms with Gasteiger partial charge < -0.3 is 19.5 Å². The van der Waals surface area contributed by atoms with Gasteiger partial charge in [-0.3, -0.25) is 9.69 Å². The summed E-state index contributed by atoms with van der Waals surface area (Å²) < 4.78 is 16.7. The lowest BCUT2D eigenvalue weighted by Crippen LogP contribution is -2.43. The fraction of sp³-hybridized carbons (Fsp3) is 0.458. The second kappa shape index (κ2) is 11.6. The molecule has 0 saturated carbocycles. The minimum atomic E-state index is -0.123. The molecule has 3 rings (SSSR count). The molecule has 0 bridgehead atoms. The second-order valence-corrected chi connectivity index (χ2v) is 7.35. The van der Waals surface area contributed by atoms with Gasteiger partial charge >= 0.3 is 0 Å². The summed E-state index contributed by atoms with van der Waals surface area (Å²) in [6.45, 7) is 6.42. The number of rotatable bonds is 10. The van der Waals surface area contributed by atoms with Gasteiger partial charge in [0.2, 0.25) is 0 Å². The third kappa shape index (κ3) is 5.97. The van der Waals surface area contributed by atoms with Crippen molar-refractivity contribution in [3.8, 4) is 11.5 Å². The number of carbonyl (C=O) groups is 1. The Morgan fingerprint density at radius 2 is 1.90 bits per heavy atom. The molecule has 1 saturated heterocycles. The maximum absolute atomic E-state index is 12.9. The van der Waals surface area contributed by atoms with Gasteiger partial charge in [0.1, 0.15) is 0 Å². The van der Waals surface area contributed by atoms with E-state index in [1.807, 2.05) is 18.2 Å². The van der Waals surface area contributed by atoms with E-state index in [9.17, 15) is 4.79 Å². The summed E-state index contributed by atoms with van der Waals surface area (Å²) in [5, 5.41) is 3.10. The van der Waals surface area contributed by atoms with Crippen LogP contribution in [0.4, 0.5) is 0 Å². The van der Waals surface area contributed by atoms with E-state index in [1.54, 1.807) is 25.3 Å². The highest BCUT2D eigenvalue weighted by Crippen LogP contribution is 2.28. The smallest absolute Gasteiger partial charge is 0.251 e. The van der Waals surface area contributed by atoms with Gasteiger partial charge in [-0.2, -0.15) is 0 Å². The Morgan fingerprint density at radius 3 is 2.60 bits per heavy atom. The Morgan fingerprint density at radius 1 is 1.13 bits per heavy atom. The number of hydrogen-bond donors (Lipinski definition) is 1. The molecule has 162 valence electrons. The molecule has 1 heterocycles. The molecule has 1 fully saturated rings. The first-order valence-electron chi connectivity index (χ1n) is 10.7. The predicted octanol–water partition coefficient (Wildman–Crippen LogP) is 3.68. The van der Waals surface area contributed by atoms with E-state index in [1.165, 1.54) is 5.56 Å². The van der Waals surface area contributed by atoms with Crippen LogP contribution in [0.5, 0.6) is 11.5 Å². The Kier molecular flexibility index (Phi) is 8.53. The summed E-state index contributed by atoms with van der Waals surface area (Å²) in [5.41, 5.74) is 1.75. The Labute approximate surface area is 179 Å². The maximum atomic E-state index is 12.9. The summed E-state index contributed by atoms with van der Waals surface area (Å²) in [6, 6.07) is 15.7. The van der Waals surface area contributed by atoms with Crippen LogP contribution in [0.15, 0.2) is 48.5 Å². The molecule has 1 aliphatic heterocycles. The topological polar surface area (TPSA) is 60.0 Å². The zero-order valence-corrected chi connectivity index (χ0v) is 17.9. The Bertz CT molecular complexity index is 791. The maximum Gasteiger partial charge on any atom is 0.251 e. The van der Waals surface area contributed by atoms with Crippen LogP contribution < -0.4 is 14.8 Å². The van der Waals surface area contributed by atoms with Gasteiger partial charge in [-0.25, -0.2) is 0 Å². The Hall–Kier alpha value is -2.57. The van der Waals surface area contributed by atoms with Crippen molar-refractivity contribution in [3.63, 3.8) is 0 Å². The molecule has 1 N–H and O–H groups in total. The fourth-order valence-electron chi connectivity index (χ4n) is 3.57. The highest BCUT2D eigenvalue weighted by molar-refractivity contribution is 5.94. The number of ether oxygens (including phenoxy) is 3. The van der Waals surface area contributed by atoms with Crippen LogP contribution in [-0.4, -0.2) is 57.4 Å². The van der Waals surface area contributed by atoms with E-state index in [0.29, 0.717) is 43.4 Å². The number of morpholine rings is 1. The highest BCUT2D eigenvalue weighted by atomic mass is 16.5. The van der Waals surface area contributed by atoms with E-state index in [4.69, 9.17) is 14.2 Å². The summed E-state index contributed by atoms with van der Waals surface area (Å²) in [5.74, 6) is 1.12. The van der Waals surface area contributed by atoms with E-state index >= 15 is 0 Å². The molecular formula is C24H32N2O4. The van der Waals surface area contributed by atoms with E-state index in [0.717, 1.165) is 25.9 Å². The van der Waals surface area contributed by atoms with Crippen LogP contribution in [0.3, 0.4) is 0 Å². The van der Waals surface area contributed by atoms with Gasteiger partial charge in [-0.1, -0.05) is 43.7 Å². The molecule has 2 aromatic rings. The number of benzene rings is 2. The summed E-state index contributed by atoms with van der Waals surface area (Å²) in [6.07, 6.45) is 2.04. The Balaban J connectivity index is 1.67. The number of nitrogens with one attached hydrogen (secondary N) is 1. The summed E-state index contributed by atoms with van der Waals surface area (Å²) >= 11 is 0. The molecule has 1 unspecified atom stereocenters. The third-order valence-corrected chi connectivity index (χ3v) is 5.31. The lowest BCUT2D eigenvalue weighted by molar-refractivity contribution is 0.0162. The third-order valence-electron chi connectivity index (χ3n) is 5.31. The largest absolute Gasteiger partial charge is 0.493 e. The zero-order chi connectivity index (χ0) is 21.2. The van der Waals surface area contributed by atoms with Crippen molar-refractivity contribution >= 4 is 5.91 Å². The first kappa shape index (κ1) is 22.1. The molecule has 30 heavy (non-hydrogen) atoms. The van der Waals surface area contributed by atoms with Crippen molar-refractivity contribution in [2.45, 2.75) is 25.8 Å². The van der Waals surface area contributed by atoms with Gasteiger partial charge in [0.25, 0.3) is 5.91 Å².